The van der Waals surface area contributed by atoms with Crippen molar-refractivity contribution in [2.45, 2.75) is 52.2 Å². The molecule has 0 spiro atoms. The van der Waals surface area contributed by atoms with Crippen molar-refractivity contribution < 1.29 is 4.74 Å². The maximum absolute atomic E-state index is 6.18. The number of nitrogens with one attached hydrogen (secondary N) is 1. The minimum Gasteiger partial charge on any atom is -0.486 e. The molecule has 0 bridgehead atoms. The van der Waals surface area contributed by atoms with Crippen LogP contribution in [-0.2, 0) is 0 Å². The number of hydrogen-bond donors (Lipinski definition) is 1. The molecule has 1 fully saturated rings. The average Bonchev–Trinajstić information content (AvgIpc) is 2.36. The molecule has 1 aromatic carbocycles. The summed E-state index contributed by atoms with van der Waals surface area (Å²) in [5.74, 6) is 2.66. The van der Waals surface area contributed by atoms with E-state index in [0.717, 1.165) is 17.6 Å². The molecule has 3 atom stereocenters. The first kappa shape index (κ1) is 11.9. The molecular weight excluding hydrogens is 222 g/mol. The highest BCUT2D eigenvalue weighted by atomic mass is 16.5. The normalized spacial score (nSPS) is 30.1. The number of fused-ring (bicyclic) bond motifs is 2. The fourth-order valence-corrected chi connectivity index (χ4v) is 3.35. The zero-order valence-corrected chi connectivity index (χ0v) is 11.6. The van der Waals surface area contributed by atoms with Gasteiger partial charge in [-0.05, 0) is 49.7 Å². The van der Waals surface area contributed by atoms with Crippen molar-refractivity contribution >= 4 is 5.69 Å². The highest BCUT2D eigenvalue weighted by molar-refractivity contribution is 5.63. The van der Waals surface area contributed by atoms with Crippen LogP contribution in [0.3, 0.4) is 0 Å². The van der Waals surface area contributed by atoms with Gasteiger partial charge in [-0.1, -0.05) is 26.0 Å². The predicted octanol–water partition coefficient (Wildman–Crippen LogP) is 3.99. The first-order valence-electron chi connectivity index (χ1n) is 7.18. The van der Waals surface area contributed by atoms with Crippen molar-refractivity contribution in [3.8, 4) is 5.75 Å². The molecule has 0 radical (unpaired) electrons. The maximum Gasteiger partial charge on any atom is 0.143 e. The lowest BCUT2D eigenvalue weighted by Gasteiger charge is -2.42. The number of rotatable bonds is 1. The van der Waals surface area contributed by atoms with Crippen molar-refractivity contribution in [1.29, 1.82) is 0 Å². The lowest BCUT2D eigenvalue weighted by atomic mass is 9.77. The lowest BCUT2D eigenvalue weighted by molar-refractivity contribution is 0.0946. The molecule has 1 aromatic rings. The lowest BCUT2D eigenvalue weighted by Crippen LogP contribution is -2.46. The van der Waals surface area contributed by atoms with Crippen LogP contribution in [0.1, 0.15) is 38.7 Å². The Morgan fingerprint density at radius 1 is 1.28 bits per heavy atom. The molecule has 1 N–H and O–H groups in total. The topological polar surface area (TPSA) is 21.3 Å². The monoisotopic (exact) mass is 245 g/mol. The predicted molar refractivity (Wildman–Crippen MR) is 75.2 cm³/mol. The largest absolute Gasteiger partial charge is 0.486 e. The van der Waals surface area contributed by atoms with E-state index in [-0.39, 0.29) is 0 Å². The molecule has 1 aliphatic carbocycles. The molecule has 2 aliphatic rings. The number of benzene rings is 1. The van der Waals surface area contributed by atoms with Crippen LogP contribution in [0.15, 0.2) is 18.2 Å². The van der Waals surface area contributed by atoms with E-state index in [4.69, 9.17) is 4.74 Å². The van der Waals surface area contributed by atoms with Crippen molar-refractivity contribution in [3.63, 3.8) is 0 Å². The highest BCUT2D eigenvalue weighted by Gasteiger charge is 2.36. The highest BCUT2D eigenvalue weighted by Crippen LogP contribution is 2.40. The quantitative estimate of drug-likeness (QED) is 0.807. The van der Waals surface area contributed by atoms with Crippen LogP contribution in [0.4, 0.5) is 5.69 Å². The first-order valence-corrected chi connectivity index (χ1v) is 7.18. The molecule has 1 heterocycles. The second-order valence-electron chi connectivity index (χ2n) is 6.17. The third-order valence-electron chi connectivity index (χ3n) is 4.61. The zero-order valence-electron chi connectivity index (χ0n) is 11.6. The van der Waals surface area contributed by atoms with Gasteiger partial charge in [0.1, 0.15) is 11.9 Å². The van der Waals surface area contributed by atoms with Crippen LogP contribution in [-0.4, -0.2) is 12.1 Å². The van der Waals surface area contributed by atoms with Crippen molar-refractivity contribution in [1.82, 2.24) is 0 Å². The van der Waals surface area contributed by atoms with E-state index in [1.807, 2.05) is 0 Å². The summed E-state index contributed by atoms with van der Waals surface area (Å²) in [6.07, 6.45) is 4.11. The van der Waals surface area contributed by atoms with Gasteiger partial charge in [-0.15, -0.1) is 0 Å². The third kappa shape index (κ3) is 1.98. The Hall–Kier alpha value is -1.18. The van der Waals surface area contributed by atoms with Crippen molar-refractivity contribution in [2.75, 3.05) is 5.32 Å². The molecule has 98 valence electrons. The molecule has 18 heavy (non-hydrogen) atoms. The van der Waals surface area contributed by atoms with E-state index in [1.54, 1.807) is 0 Å². The molecule has 3 unspecified atom stereocenters. The summed E-state index contributed by atoms with van der Waals surface area (Å²) in [7, 11) is 0. The van der Waals surface area contributed by atoms with Gasteiger partial charge >= 0.3 is 0 Å². The standard InChI is InChI=1S/C16H23NO/c1-10(2)12-7-8-14-13(9-12)17-16-11(3)5-4-6-15(16)18-14/h4-6,10,12-14,17H,7-9H2,1-3H3. The maximum atomic E-state index is 6.18. The summed E-state index contributed by atoms with van der Waals surface area (Å²) in [6.45, 7) is 6.83. The minimum atomic E-state index is 0.370. The Labute approximate surface area is 110 Å². The Morgan fingerprint density at radius 3 is 2.89 bits per heavy atom. The van der Waals surface area contributed by atoms with Crippen LogP contribution < -0.4 is 10.1 Å². The SMILES string of the molecule is Cc1cccc2c1NC1CC(C(C)C)CCC1O2. The van der Waals surface area contributed by atoms with Gasteiger partial charge in [0.05, 0.1) is 11.7 Å². The molecular formula is C16H23NO. The van der Waals surface area contributed by atoms with Gasteiger partial charge in [-0.3, -0.25) is 0 Å². The summed E-state index contributed by atoms with van der Waals surface area (Å²) in [5.41, 5.74) is 2.50. The zero-order chi connectivity index (χ0) is 12.7. The number of anilines is 1. The summed E-state index contributed by atoms with van der Waals surface area (Å²) >= 11 is 0. The van der Waals surface area contributed by atoms with Crippen molar-refractivity contribution in [2.24, 2.45) is 11.8 Å². The minimum absolute atomic E-state index is 0.370. The molecule has 0 amide bonds. The Morgan fingerprint density at radius 2 is 2.11 bits per heavy atom. The Bertz CT molecular complexity index is 441. The summed E-state index contributed by atoms with van der Waals surface area (Å²) in [4.78, 5) is 0. The van der Waals surface area contributed by atoms with E-state index >= 15 is 0 Å². The van der Waals surface area contributed by atoms with E-state index in [2.05, 4.69) is 44.3 Å². The van der Waals surface area contributed by atoms with Gasteiger partial charge in [0.2, 0.25) is 0 Å². The van der Waals surface area contributed by atoms with Gasteiger partial charge in [-0.25, -0.2) is 0 Å². The molecule has 0 saturated heterocycles. The van der Waals surface area contributed by atoms with Gasteiger partial charge in [-0.2, -0.15) is 0 Å². The van der Waals surface area contributed by atoms with Crippen LogP contribution in [0.25, 0.3) is 0 Å². The molecule has 2 heteroatoms. The summed E-state index contributed by atoms with van der Waals surface area (Å²) < 4.78 is 6.18. The second-order valence-corrected chi connectivity index (χ2v) is 6.17. The molecule has 1 saturated carbocycles. The van der Waals surface area contributed by atoms with E-state index < -0.39 is 0 Å². The molecule has 1 aliphatic heterocycles. The molecule has 3 rings (SSSR count). The van der Waals surface area contributed by atoms with Gasteiger partial charge < -0.3 is 10.1 Å². The van der Waals surface area contributed by atoms with Crippen molar-refractivity contribution in [3.05, 3.63) is 23.8 Å². The van der Waals surface area contributed by atoms with Gasteiger partial charge in [0.15, 0.2) is 0 Å². The average molecular weight is 245 g/mol. The third-order valence-corrected chi connectivity index (χ3v) is 4.61. The first-order chi connectivity index (χ1) is 8.65. The van der Waals surface area contributed by atoms with E-state index in [0.29, 0.717) is 12.1 Å². The number of hydrogen-bond acceptors (Lipinski definition) is 2. The van der Waals surface area contributed by atoms with Gasteiger partial charge in [0, 0.05) is 0 Å². The number of para-hydroxylation sites is 1. The molecule has 2 nitrogen and oxygen atoms in total. The summed E-state index contributed by atoms with van der Waals surface area (Å²) in [6, 6.07) is 6.81. The molecule has 0 aromatic heterocycles. The number of ether oxygens (including phenoxy) is 1. The van der Waals surface area contributed by atoms with Crippen LogP contribution in [0.2, 0.25) is 0 Å². The van der Waals surface area contributed by atoms with Gasteiger partial charge in [0.25, 0.3) is 0 Å². The Balaban J connectivity index is 1.83. The van der Waals surface area contributed by atoms with E-state index in [9.17, 15) is 0 Å². The second kappa shape index (κ2) is 4.49. The summed E-state index contributed by atoms with van der Waals surface area (Å²) in [5, 5.41) is 3.73. The van der Waals surface area contributed by atoms with Crippen LogP contribution in [0.5, 0.6) is 5.75 Å². The fraction of sp³-hybridized carbons (Fsp3) is 0.625. The smallest absolute Gasteiger partial charge is 0.143 e. The Kier molecular flexibility index (Phi) is 2.96. The van der Waals surface area contributed by atoms with E-state index in [1.165, 1.54) is 30.5 Å². The van der Waals surface area contributed by atoms with Crippen LogP contribution in [0, 0.1) is 18.8 Å². The number of aryl methyl sites for hydroxylation is 1. The van der Waals surface area contributed by atoms with Crippen LogP contribution >= 0.6 is 0 Å². The fourth-order valence-electron chi connectivity index (χ4n) is 3.35.